The summed E-state index contributed by atoms with van der Waals surface area (Å²) in [7, 11) is 0. The molecule has 0 heterocycles. The van der Waals surface area contributed by atoms with Gasteiger partial charge in [0, 0.05) is 18.7 Å². The quantitative estimate of drug-likeness (QED) is 0.761. The van der Waals surface area contributed by atoms with Crippen molar-refractivity contribution >= 4 is 5.91 Å². The lowest BCUT2D eigenvalue weighted by molar-refractivity contribution is -0.0501. The molecule has 0 radical (unpaired) electrons. The summed E-state index contributed by atoms with van der Waals surface area (Å²) in [4.78, 5) is 11.6. The van der Waals surface area contributed by atoms with Gasteiger partial charge in [0.25, 0.3) is 5.91 Å². The topological polar surface area (TPSA) is 58.6 Å². The van der Waals surface area contributed by atoms with Gasteiger partial charge in [-0.1, -0.05) is 6.92 Å². The summed E-state index contributed by atoms with van der Waals surface area (Å²) in [5, 5.41) is 11.5. The number of carbonyl (C=O) groups is 1. The van der Waals surface area contributed by atoms with Crippen molar-refractivity contribution in [2.75, 3.05) is 6.54 Å². The number of nitrogens with one attached hydrogen (secondary N) is 1. The zero-order valence-electron chi connectivity index (χ0n) is 11.2. The Balaban J connectivity index is 2.76. The Labute approximate surface area is 118 Å². The minimum Gasteiger partial charge on any atom is -0.435 e. The lowest BCUT2D eigenvalue weighted by Gasteiger charge is -2.11. The molecule has 0 aliphatic heterocycles. The van der Waals surface area contributed by atoms with Gasteiger partial charge in [-0.25, -0.2) is 8.78 Å². The maximum atomic E-state index is 13.6. The van der Waals surface area contributed by atoms with Crippen molar-refractivity contribution in [2.45, 2.75) is 32.5 Å². The van der Waals surface area contributed by atoms with Crippen molar-refractivity contribution in [3.63, 3.8) is 0 Å². The smallest absolute Gasteiger partial charge is 0.387 e. The zero-order valence-corrected chi connectivity index (χ0v) is 11.2. The first-order valence-corrected chi connectivity index (χ1v) is 6.25. The predicted molar refractivity (Wildman–Crippen MR) is 66.2 cm³/mol. The number of aliphatic hydroxyl groups excluding tert-OH is 1. The summed E-state index contributed by atoms with van der Waals surface area (Å²) in [5.74, 6) is -4.35. The highest BCUT2D eigenvalue weighted by molar-refractivity contribution is 5.94. The molecule has 0 saturated heterocycles. The van der Waals surface area contributed by atoms with Crippen molar-refractivity contribution in [1.29, 1.82) is 0 Å². The van der Waals surface area contributed by atoms with Crippen molar-refractivity contribution < 1.29 is 32.2 Å². The fraction of sp³-hybridized carbons (Fsp3) is 0.462. The predicted octanol–water partition coefficient (Wildman–Crippen LogP) is 2.46. The average molecular weight is 309 g/mol. The Bertz CT molecular complexity index is 473. The maximum absolute atomic E-state index is 13.6. The second-order valence-corrected chi connectivity index (χ2v) is 4.25. The van der Waals surface area contributed by atoms with Crippen molar-refractivity contribution in [3.05, 3.63) is 29.3 Å². The third kappa shape index (κ3) is 5.22. The molecule has 0 aliphatic carbocycles. The van der Waals surface area contributed by atoms with Crippen LogP contribution in [0, 0.1) is 11.6 Å². The number of rotatable bonds is 7. The molecular weight excluding hydrogens is 294 g/mol. The molecule has 8 heteroatoms. The van der Waals surface area contributed by atoms with Gasteiger partial charge < -0.3 is 15.2 Å². The van der Waals surface area contributed by atoms with Crippen LogP contribution < -0.4 is 10.1 Å². The highest BCUT2D eigenvalue weighted by atomic mass is 19.3. The molecule has 0 bridgehead atoms. The van der Waals surface area contributed by atoms with Gasteiger partial charge in [0.15, 0.2) is 0 Å². The second kappa shape index (κ2) is 7.82. The number of ether oxygens (including phenoxy) is 1. The van der Waals surface area contributed by atoms with Gasteiger partial charge in [-0.3, -0.25) is 4.79 Å². The van der Waals surface area contributed by atoms with E-state index in [9.17, 15) is 27.5 Å². The Hall–Kier alpha value is -1.83. The molecule has 2 N–H and O–H groups in total. The number of alkyl halides is 2. The van der Waals surface area contributed by atoms with E-state index in [4.69, 9.17) is 0 Å². The molecule has 0 spiro atoms. The maximum Gasteiger partial charge on any atom is 0.387 e. The number of benzene rings is 1. The highest BCUT2D eigenvalue weighted by Crippen LogP contribution is 2.22. The van der Waals surface area contributed by atoms with Gasteiger partial charge in [-0.05, 0) is 12.8 Å². The summed E-state index contributed by atoms with van der Waals surface area (Å²) in [6.45, 7) is -1.45. The van der Waals surface area contributed by atoms with Crippen LogP contribution >= 0.6 is 0 Å². The standard InChI is InChI=1S/C13H15F4NO3/c1-2-7(19)3-4-18-12(20)11-9(14)5-8(6-10(11)15)21-13(16)17/h5-7,13,19H,2-4H2,1H3,(H,18,20). The van der Waals surface area contributed by atoms with Crippen LogP contribution in [-0.4, -0.2) is 30.3 Å². The Morgan fingerprint density at radius 1 is 1.33 bits per heavy atom. The van der Waals surface area contributed by atoms with Crippen LogP contribution in [-0.2, 0) is 0 Å². The number of aliphatic hydroxyl groups is 1. The Morgan fingerprint density at radius 2 is 1.90 bits per heavy atom. The summed E-state index contributed by atoms with van der Waals surface area (Å²) in [5.41, 5.74) is -0.886. The van der Waals surface area contributed by atoms with Crippen LogP contribution in [0.15, 0.2) is 12.1 Å². The molecule has 0 aromatic heterocycles. The molecule has 1 aromatic rings. The van der Waals surface area contributed by atoms with Crippen molar-refractivity contribution in [3.8, 4) is 5.75 Å². The average Bonchev–Trinajstić information content (AvgIpc) is 2.36. The summed E-state index contributed by atoms with van der Waals surface area (Å²) in [6.07, 6.45) is 0.0952. The van der Waals surface area contributed by atoms with E-state index in [1.54, 1.807) is 6.92 Å². The first-order valence-electron chi connectivity index (χ1n) is 6.25. The third-order valence-corrected chi connectivity index (χ3v) is 2.70. The molecule has 1 rings (SSSR count). The second-order valence-electron chi connectivity index (χ2n) is 4.25. The van der Waals surface area contributed by atoms with Crippen LogP contribution in [0.1, 0.15) is 30.1 Å². The normalized spacial score (nSPS) is 12.3. The Kier molecular flexibility index (Phi) is 6.41. The van der Waals surface area contributed by atoms with E-state index in [0.29, 0.717) is 18.6 Å². The van der Waals surface area contributed by atoms with Gasteiger partial charge in [-0.2, -0.15) is 8.78 Å². The SMILES string of the molecule is CCC(O)CCNC(=O)c1c(F)cc(OC(F)F)cc1F. The van der Waals surface area contributed by atoms with Crippen LogP contribution in [0.4, 0.5) is 17.6 Å². The fourth-order valence-corrected chi connectivity index (χ4v) is 1.58. The van der Waals surface area contributed by atoms with E-state index in [1.165, 1.54) is 0 Å². The van der Waals surface area contributed by atoms with E-state index in [1.807, 2.05) is 0 Å². The molecule has 4 nitrogen and oxygen atoms in total. The minimum atomic E-state index is -3.22. The number of hydrogen-bond donors (Lipinski definition) is 2. The van der Waals surface area contributed by atoms with Crippen molar-refractivity contribution in [1.82, 2.24) is 5.32 Å². The molecule has 0 fully saturated rings. The minimum absolute atomic E-state index is 0.0298. The van der Waals surface area contributed by atoms with Gasteiger partial charge in [0.2, 0.25) is 0 Å². The van der Waals surface area contributed by atoms with E-state index in [-0.39, 0.29) is 13.0 Å². The highest BCUT2D eigenvalue weighted by Gasteiger charge is 2.20. The molecule has 1 amide bonds. The largest absolute Gasteiger partial charge is 0.435 e. The van der Waals surface area contributed by atoms with Crippen LogP contribution in [0.3, 0.4) is 0 Å². The molecule has 1 aromatic carbocycles. The molecule has 1 atom stereocenters. The third-order valence-electron chi connectivity index (χ3n) is 2.70. The lowest BCUT2D eigenvalue weighted by Crippen LogP contribution is -2.28. The van der Waals surface area contributed by atoms with Gasteiger partial charge in [0.05, 0.1) is 6.10 Å². The fourth-order valence-electron chi connectivity index (χ4n) is 1.58. The van der Waals surface area contributed by atoms with Crippen molar-refractivity contribution in [2.24, 2.45) is 0 Å². The summed E-state index contributed by atoms with van der Waals surface area (Å²) in [6, 6.07) is 1.01. The van der Waals surface area contributed by atoms with E-state index in [0.717, 1.165) is 0 Å². The lowest BCUT2D eigenvalue weighted by atomic mass is 10.1. The van der Waals surface area contributed by atoms with Crippen LogP contribution in [0.5, 0.6) is 5.75 Å². The zero-order chi connectivity index (χ0) is 16.0. The number of hydrogen-bond acceptors (Lipinski definition) is 3. The number of amides is 1. The van der Waals surface area contributed by atoms with E-state index < -0.39 is 41.6 Å². The van der Waals surface area contributed by atoms with Gasteiger partial charge in [0.1, 0.15) is 22.9 Å². The number of halogens is 4. The summed E-state index contributed by atoms with van der Waals surface area (Å²) >= 11 is 0. The molecule has 21 heavy (non-hydrogen) atoms. The molecule has 1 unspecified atom stereocenters. The van der Waals surface area contributed by atoms with E-state index in [2.05, 4.69) is 10.1 Å². The molecule has 0 aliphatic rings. The summed E-state index contributed by atoms with van der Waals surface area (Å²) < 4.78 is 54.9. The van der Waals surface area contributed by atoms with Crippen LogP contribution in [0.25, 0.3) is 0 Å². The number of carbonyl (C=O) groups excluding carboxylic acids is 1. The van der Waals surface area contributed by atoms with Gasteiger partial charge >= 0.3 is 6.61 Å². The van der Waals surface area contributed by atoms with Crippen LogP contribution in [0.2, 0.25) is 0 Å². The monoisotopic (exact) mass is 309 g/mol. The Morgan fingerprint density at radius 3 is 2.38 bits per heavy atom. The molecule has 0 saturated carbocycles. The first kappa shape index (κ1) is 17.2. The molecular formula is C13H15F4NO3. The molecule has 118 valence electrons. The first-order chi connectivity index (χ1) is 9.85. The van der Waals surface area contributed by atoms with E-state index >= 15 is 0 Å². The van der Waals surface area contributed by atoms with Gasteiger partial charge in [-0.15, -0.1) is 0 Å².